The Morgan fingerprint density at radius 1 is 1.21 bits per heavy atom. The minimum Gasteiger partial charge on any atom is -0.370 e. The molecule has 0 atom stereocenters. The summed E-state index contributed by atoms with van der Waals surface area (Å²) in [6.45, 7) is 6.58. The average Bonchev–Trinajstić information content (AvgIpc) is 2.08. The maximum atomic E-state index is 10.4. The first-order chi connectivity index (χ1) is 6.63. The Labute approximate surface area is 87.4 Å². The Morgan fingerprint density at radius 3 is 2.43 bits per heavy atom. The lowest BCUT2D eigenvalue weighted by atomic mass is 10.1. The number of hydrogen-bond donors (Lipinski definition) is 2. The molecule has 14 heavy (non-hydrogen) atoms. The number of amides is 1. The zero-order chi connectivity index (χ0) is 10.8. The molecule has 3 heteroatoms. The standard InChI is InChI=1S/C11H24N2O/c1-10(2)6-5-9-13-8-4-3-7-11(12)14/h10,13H,3-9H2,1-2H3,(H2,12,14). The van der Waals surface area contributed by atoms with Crippen molar-refractivity contribution in [2.75, 3.05) is 13.1 Å². The van der Waals surface area contributed by atoms with Crippen LogP contribution in [-0.4, -0.2) is 19.0 Å². The molecule has 0 aliphatic carbocycles. The van der Waals surface area contributed by atoms with Crippen LogP contribution in [0.2, 0.25) is 0 Å². The predicted molar refractivity (Wildman–Crippen MR) is 60.0 cm³/mol. The molecular weight excluding hydrogens is 176 g/mol. The van der Waals surface area contributed by atoms with Crippen LogP contribution < -0.4 is 11.1 Å². The van der Waals surface area contributed by atoms with Gasteiger partial charge in [0.05, 0.1) is 0 Å². The third-order valence-corrected chi connectivity index (χ3v) is 2.16. The number of primary amides is 1. The fourth-order valence-electron chi connectivity index (χ4n) is 1.31. The van der Waals surface area contributed by atoms with Gasteiger partial charge in [0.1, 0.15) is 0 Å². The van der Waals surface area contributed by atoms with Gasteiger partial charge in [-0.1, -0.05) is 13.8 Å². The molecule has 0 aromatic carbocycles. The van der Waals surface area contributed by atoms with Crippen LogP contribution in [-0.2, 0) is 4.79 Å². The minimum absolute atomic E-state index is 0.190. The molecule has 0 radical (unpaired) electrons. The molecule has 0 aliphatic heterocycles. The van der Waals surface area contributed by atoms with E-state index in [4.69, 9.17) is 5.73 Å². The molecule has 0 aromatic heterocycles. The highest BCUT2D eigenvalue weighted by atomic mass is 16.1. The van der Waals surface area contributed by atoms with E-state index < -0.39 is 0 Å². The average molecular weight is 200 g/mol. The Balaban J connectivity index is 2.96. The van der Waals surface area contributed by atoms with Crippen molar-refractivity contribution in [3.8, 4) is 0 Å². The van der Waals surface area contributed by atoms with Gasteiger partial charge in [0.15, 0.2) is 0 Å². The first kappa shape index (κ1) is 13.4. The van der Waals surface area contributed by atoms with Crippen molar-refractivity contribution in [2.45, 2.75) is 46.0 Å². The van der Waals surface area contributed by atoms with Gasteiger partial charge < -0.3 is 11.1 Å². The third-order valence-electron chi connectivity index (χ3n) is 2.16. The fraction of sp³-hybridized carbons (Fsp3) is 0.909. The van der Waals surface area contributed by atoms with E-state index in [0.29, 0.717) is 6.42 Å². The fourth-order valence-corrected chi connectivity index (χ4v) is 1.31. The quantitative estimate of drug-likeness (QED) is 0.556. The van der Waals surface area contributed by atoms with Crippen LogP contribution in [0.15, 0.2) is 0 Å². The van der Waals surface area contributed by atoms with Gasteiger partial charge in [-0.3, -0.25) is 4.79 Å². The summed E-state index contributed by atoms with van der Waals surface area (Å²) in [5.41, 5.74) is 5.03. The molecule has 3 N–H and O–H groups in total. The summed E-state index contributed by atoms with van der Waals surface area (Å²) >= 11 is 0. The maximum absolute atomic E-state index is 10.4. The molecule has 0 saturated carbocycles. The number of unbranched alkanes of at least 4 members (excludes halogenated alkanes) is 1. The van der Waals surface area contributed by atoms with Crippen LogP contribution in [0.5, 0.6) is 0 Å². The molecule has 3 nitrogen and oxygen atoms in total. The zero-order valence-corrected chi connectivity index (χ0v) is 9.51. The largest absolute Gasteiger partial charge is 0.370 e. The van der Waals surface area contributed by atoms with Crippen LogP contribution in [0.25, 0.3) is 0 Å². The van der Waals surface area contributed by atoms with E-state index in [1.165, 1.54) is 12.8 Å². The Bertz CT molecular complexity index is 146. The van der Waals surface area contributed by atoms with Crippen LogP contribution in [0, 0.1) is 5.92 Å². The first-order valence-corrected chi connectivity index (χ1v) is 5.62. The second-order valence-electron chi connectivity index (χ2n) is 4.21. The second-order valence-corrected chi connectivity index (χ2v) is 4.21. The van der Waals surface area contributed by atoms with Gasteiger partial charge in [0.25, 0.3) is 0 Å². The smallest absolute Gasteiger partial charge is 0.217 e. The van der Waals surface area contributed by atoms with Gasteiger partial charge in [-0.25, -0.2) is 0 Å². The summed E-state index contributed by atoms with van der Waals surface area (Å²) < 4.78 is 0. The number of rotatable bonds is 9. The van der Waals surface area contributed by atoms with Crippen LogP contribution in [0.1, 0.15) is 46.0 Å². The van der Waals surface area contributed by atoms with Gasteiger partial charge in [-0.15, -0.1) is 0 Å². The molecule has 0 aromatic rings. The van der Waals surface area contributed by atoms with Crippen molar-refractivity contribution in [2.24, 2.45) is 11.7 Å². The second kappa shape index (κ2) is 9.00. The molecule has 0 heterocycles. The van der Waals surface area contributed by atoms with Gasteiger partial charge in [-0.05, 0) is 44.7 Å². The molecule has 0 fully saturated rings. The molecule has 0 unspecified atom stereocenters. The summed E-state index contributed by atoms with van der Waals surface area (Å²) in [6, 6.07) is 0. The number of carbonyl (C=O) groups excluding carboxylic acids is 1. The summed E-state index contributed by atoms with van der Waals surface area (Å²) in [5.74, 6) is 0.608. The van der Waals surface area contributed by atoms with Crippen molar-refractivity contribution in [3.63, 3.8) is 0 Å². The van der Waals surface area contributed by atoms with E-state index in [0.717, 1.165) is 31.8 Å². The lowest BCUT2D eigenvalue weighted by molar-refractivity contribution is -0.118. The first-order valence-electron chi connectivity index (χ1n) is 5.62. The number of hydrogen-bond acceptors (Lipinski definition) is 2. The van der Waals surface area contributed by atoms with E-state index in [9.17, 15) is 4.79 Å². The van der Waals surface area contributed by atoms with Gasteiger partial charge in [-0.2, -0.15) is 0 Å². The molecule has 0 bridgehead atoms. The van der Waals surface area contributed by atoms with Crippen molar-refractivity contribution in [1.29, 1.82) is 0 Å². The third kappa shape index (κ3) is 11.4. The summed E-state index contributed by atoms with van der Waals surface area (Å²) in [5, 5.41) is 3.36. The Morgan fingerprint density at radius 2 is 1.86 bits per heavy atom. The summed E-state index contributed by atoms with van der Waals surface area (Å²) in [7, 11) is 0. The lowest BCUT2D eigenvalue weighted by Crippen LogP contribution is -2.18. The number of nitrogens with one attached hydrogen (secondary N) is 1. The van der Waals surface area contributed by atoms with Crippen molar-refractivity contribution >= 4 is 5.91 Å². The predicted octanol–water partition coefficient (Wildman–Crippen LogP) is 1.67. The molecule has 0 spiro atoms. The highest BCUT2D eigenvalue weighted by molar-refractivity contribution is 5.73. The van der Waals surface area contributed by atoms with Crippen LogP contribution in [0.4, 0.5) is 0 Å². The SMILES string of the molecule is CC(C)CCCNCCCCC(N)=O. The van der Waals surface area contributed by atoms with E-state index in [-0.39, 0.29) is 5.91 Å². The Kier molecular flexibility index (Phi) is 8.64. The summed E-state index contributed by atoms with van der Waals surface area (Å²) in [4.78, 5) is 10.4. The van der Waals surface area contributed by atoms with E-state index in [2.05, 4.69) is 19.2 Å². The number of carbonyl (C=O) groups is 1. The molecule has 0 rings (SSSR count). The van der Waals surface area contributed by atoms with Crippen molar-refractivity contribution in [1.82, 2.24) is 5.32 Å². The van der Waals surface area contributed by atoms with Crippen LogP contribution in [0.3, 0.4) is 0 Å². The molecule has 1 amide bonds. The van der Waals surface area contributed by atoms with Crippen molar-refractivity contribution in [3.05, 3.63) is 0 Å². The normalized spacial score (nSPS) is 10.8. The van der Waals surface area contributed by atoms with Gasteiger partial charge >= 0.3 is 0 Å². The highest BCUT2D eigenvalue weighted by Crippen LogP contribution is 2.01. The molecular formula is C11H24N2O. The van der Waals surface area contributed by atoms with Crippen LogP contribution >= 0.6 is 0 Å². The summed E-state index contributed by atoms with van der Waals surface area (Å²) in [6.07, 6.45) is 5.01. The Hall–Kier alpha value is -0.570. The van der Waals surface area contributed by atoms with Gasteiger partial charge in [0.2, 0.25) is 5.91 Å². The molecule has 0 saturated heterocycles. The molecule has 84 valence electrons. The number of nitrogens with two attached hydrogens (primary N) is 1. The monoisotopic (exact) mass is 200 g/mol. The topological polar surface area (TPSA) is 55.1 Å². The minimum atomic E-state index is -0.190. The zero-order valence-electron chi connectivity index (χ0n) is 9.51. The van der Waals surface area contributed by atoms with E-state index in [1.807, 2.05) is 0 Å². The molecule has 0 aliphatic rings. The van der Waals surface area contributed by atoms with E-state index in [1.54, 1.807) is 0 Å². The van der Waals surface area contributed by atoms with Gasteiger partial charge in [0, 0.05) is 6.42 Å². The maximum Gasteiger partial charge on any atom is 0.217 e. The van der Waals surface area contributed by atoms with Crippen molar-refractivity contribution < 1.29 is 4.79 Å². The van der Waals surface area contributed by atoms with E-state index >= 15 is 0 Å². The lowest BCUT2D eigenvalue weighted by Gasteiger charge is -2.05. The highest BCUT2D eigenvalue weighted by Gasteiger charge is 1.95.